The zero-order valence-electron chi connectivity index (χ0n) is 7.97. The molecule has 1 aromatic carbocycles. The van der Waals surface area contributed by atoms with Crippen LogP contribution in [0.25, 0.3) is 0 Å². The van der Waals surface area contributed by atoms with Gasteiger partial charge in [0.25, 0.3) is 0 Å². The van der Waals surface area contributed by atoms with Crippen LogP contribution in [0.15, 0.2) is 24.3 Å². The normalized spacial score (nSPS) is 9.73. The van der Waals surface area contributed by atoms with E-state index in [9.17, 15) is 9.59 Å². The van der Waals surface area contributed by atoms with E-state index in [-0.39, 0.29) is 11.3 Å². The van der Waals surface area contributed by atoms with Crippen molar-refractivity contribution in [3.63, 3.8) is 0 Å². The number of rotatable bonds is 3. The summed E-state index contributed by atoms with van der Waals surface area (Å²) in [5.41, 5.74) is 1.17. The summed E-state index contributed by atoms with van der Waals surface area (Å²) in [7, 11) is 0. The van der Waals surface area contributed by atoms with Crippen molar-refractivity contribution in [1.29, 1.82) is 0 Å². The van der Waals surface area contributed by atoms with Crippen LogP contribution in [0.2, 0.25) is 0 Å². The maximum Gasteiger partial charge on any atom is 0.379 e. The molecule has 0 aromatic heterocycles. The molecular formula is C9H10NO4S+. The van der Waals surface area contributed by atoms with E-state index in [1.165, 1.54) is 19.1 Å². The Morgan fingerprint density at radius 2 is 2.00 bits per heavy atom. The second-order valence-electron chi connectivity index (χ2n) is 2.68. The monoisotopic (exact) mass is 228 g/mol. The number of esters is 1. The Hall–Kier alpha value is -1.37. The molecule has 0 saturated heterocycles. The lowest BCUT2D eigenvalue weighted by Crippen LogP contribution is -2.85. The SMILES string of the molecule is CC(=O)Oc1ccccc1C(=O)[NH2+]OS. The molecule has 0 unspecified atom stereocenters. The minimum Gasteiger partial charge on any atom is -0.426 e. The minimum atomic E-state index is -0.484. The number of primary amides is 1. The van der Waals surface area contributed by atoms with Crippen LogP contribution in [-0.2, 0) is 9.08 Å². The fourth-order valence-electron chi connectivity index (χ4n) is 1.03. The van der Waals surface area contributed by atoms with Crippen LogP contribution >= 0.6 is 12.9 Å². The Morgan fingerprint density at radius 1 is 1.33 bits per heavy atom. The van der Waals surface area contributed by atoms with Gasteiger partial charge < -0.3 is 4.74 Å². The number of quaternary nitrogens is 1. The highest BCUT2D eigenvalue weighted by atomic mass is 32.1. The molecule has 0 aliphatic carbocycles. The number of ether oxygens (including phenoxy) is 1. The molecule has 0 bridgehead atoms. The number of hydroxylamine groups is 1. The largest absolute Gasteiger partial charge is 0.426 e. The fourth-order valence-corrected chi connectivity index (χ4v) is 1.12. The zero-order valence-corrected chi connectivity index (χ0v) is 8.86. The van der Waals surface area contributed by atoms with Crippen molar-refractivity contribution in [2.45, 2.75) is 6.92 Å². The highest BCUT2D eigenvalue weighted by molar-refractivity contribution is 7.74. The average molecular weight is 228 g/mol. The Labute approximate surface area is 91.9 Å². The van der Waals surface area contributed by atoms with Gasteiger partial charge in [-0.05, 0) is 12.1 Å². The van der Waals surface area contributed by atoms with E-state index in [0.717, 1.165) is 5.48 Å². The van der Waals surface area contributed by atoms with Crippen LogP contribution in [0.4, 0.5) is 0 Å². The quantitative estimate of drug-likeness (QED) is 0.253. The average Bonchev–Trinajstić information content (AvgIpc) is 2.18. The van der Waals surface area contributed by atoms with E-state index < -0.39 is 11.9 Å². The molecule has 0 heterocycles. The van der Waals surface area contributed by atoms with Crippen molar-refractivity contribution in [3.05, 3.63) is 29.8 Å². The predicted octanol–water partition coefficient (Wildman–Crippen LogP) is 0.0919. The highest BCUT2D eigenvalue weighted by Gasteiger charge is 2.17. The summed E-state index contributed by atoms with van der Waals surface area (Å²) in [6.45, 7) is 1.26. The molecule has 6 heteroatoms. The van der Waals surface area contributed by atoms with Crippen molar-refractivity contribution >= 4 is 24.8 Å². The molecule has 0 aliphatic heterocycles. The van der Waals surface area contributed by atoms with E-state index >= 15 is 0 Å². The van der Waals surface area contributed by atoms with Crippen molar-refractivity contribution < 1.29 is 24.1 Å². The topological polar surface area (TPSA) is 69.2 Å². The molecular weight excluding hydrogens is 218 g/mol. The number of benzene rings is 1. The van der Waals surface area contributed by atoms with Crippen LogP contribution in [0.1, 0.15) is 17.3 Å². The molecule has 1 aromatic rings. The highest BCUT2D eigenvalue weighted by Crippen LogP contribution is 2.16. The van der Waals surface area contributed by atoms with Crippen LogP contribution in [0.3, 0.4) is 0 Å². The summed E-state index contributed by atoms with van der Waals surface area (Å²) in [5.74, 6) is -0.694. The molecule has 0 saturated carbocycles. The Kier molecular flexibility index (Phi) is 4.29. The van der Waals surface area contributed by atoms with Gasteiger partial charge >= 0.3 is 11.9 Å². The number of carbonyl (C=O) groups excluding carboxylic acids is 2. The van der Waals surface area contributed by atoms with E-state index in [4.69, 9.17) is 4.74 Å². The zero-order chi connectivity index (χ0) is 11.3. The van der Waals surface area contributed by atoms with Gasteiger partial charge in [-0.15, -0.1) is 9.76 Å². The summed E-state index contributed by atoms with van der Waals surface area (Å²) in [6, 6.07) is 6.38. The number of amides is 1. The molecule has 15 heavy (non-hydrogen) atoms. The number of thiol groups is 1. The first-order valence-corrected chi connectivity index (χ1v) is 4.47. The summed E-state index contributed by atoms with van der Waals surface area (Å²) in [6.07, 6.45) is 0. The van der Waals surface area contributed by atoms with E-state index in [2.05, 4.69) is 17.2 Å². The van der Waals surface area contributed by atoms with Crippen molar-refractivity contribution in [3.8, 4) is 5.75 Å². The lowest BCUT2D eigenvalue weighted by Gasteiger charge is -2.04. The number of hydrogen-bond donors (Lipinski definition) is 2. The summed E-state index contributed by atoms with van der Waals surface area (Å²) < 4.78 is 9.15. The lowest BCUT2D eigenvalue weighted by molar-refractivity contribution is -0.774. The maximum absolute atomic E-state index is 11.4. The maximum atomic E-state index is 11.4. The number of carbonyl (C=O) groups is 2. The third-order valence-electron chi connectivity index (χ3n) is 1.57. The molecule has 1 rings (SSSR count). The van der Waals surface area contributed by atoms with Gasteiger partial charge in [0.1, 0.15) is 11.3 Å². The third kappa shape index (κ3) is 3.35. The van der Waals surface area contributed by atoms with Crippen LogP contribution in [-0.4, -0.2) is 11.9 Å². The van der Waals surface area contributed by atoms with Crippen LogP contribution in [0, 0.1) is 0 Å². The van der Waals surface area contributed by atoms with Crippen molar-refractivity contribution in [1.82, 2.24) is 0 Å². The van der Waals surface area contributed by atoms with Gasteiger partial charge in [-0.1, -0.05) is 12.1 Å². The second-order valence-corrected chi connectivity index (χ2v) is 2.89. The Bertz CT molecular complexity index is 380. The summed E-state index contributed by atoms with van der Waals surface area (Å²) >= 11 is 3.43. The van der Waals surface area contributed by atoms with E-state index in [1.54, 1.807) is 12.1 Å². The smallest absolute Gasteiger partial charge is 0.379 e. The Balaban J connectivity index is 2.95. The first-order valence-electron chi connectivity index (χ1n) is 4.10. The first-order chi connectivity index (χ1) is 7.15. The van der Waals surface area contributed by atoms with Gasteiger partial charge in [0.2, 0.25) is 0 Å². The van der Waals surface area contributed by atoms with Gasteiger partial charge in [-0.2, -0.15) is 0 Å². The molecule has 1 amide bonds. The lowest BCUT2D eigenvalue weighted by atomic mass is 10.2. The summed E-state index contributed by atoms with van der Waals surface area (Å²) in [5, 5.41) is 0. The van der Waals surface area contributed by atoms with Crippen LogP contribution < -0.4 is 10.2 Å². The van der Waals surface area contributed by atoms with Gasteiger partial charge in [-0.3, -0.25) is 4.79 Å². The van der Waals surface area contributed by atoms with Gasteiger partial charge in [0.15, 0.2) is 0 Å². The van der Waals surface area contributed by atoms with Gasteiger partial charge in [0.05, 0.1) is 0 Å². The van der Waals surface area contributed by atoms with Crippen LogP contribution in [0.5, 0.6) is 5.75 Å². The Morgan fingerprint density at radius 3 is 2.60 bits per heavy atom. The molecule has 80 valence electrons. The third-order valence-corrected chi connectivity index (χ3v) is 1.67. The van der Waals surface area contributed by atoms with Crippen molar-refractivity contribution in [2.75, 3.05) is 0 Å². The second kappa shape index (κ2) is 5.50. The summed E-state index contributed by atoms with van der Waals surface area (Å²) in [4.78, 5) is 22.2. The standard InChI is InChI=1S/C9H9NO4S/c1-6(11)13-8-5-3-2-4-7(8)9(12)10-14-15/h2-5,15H,1H3,(H,10,12)/p+1. The number of hydrogen-bond acceptors (Lipinski definition) is 5. The number of para-hydroxylation sites is 1. The molecule has 0 atom stereocenters. The fraction of sp³-hybridized carbons (Fsp3) is 0.111. The van der Waals surface area contributed by atoms with Crippen molar-refractivity contribution in [2.24, 2.45) is 0 Å². The minimum absolute atomic E-state index is 0.205. The molecule has 0 spiro atoms. The first kappa shape index (κ1) is 11.7. The van der Waals surface area contributed by atoms with Gasteiger partial charge in [0, 0.05) is 19.8 Å². The molecule has 5 nitrogen and oxygen atoms in total. The molecule has 0 radical (unpaired) electrons. The molecule has 0 fully saturated rings. The predicted molar refractivity (Wildman–Crippen MR) is 54.1 cm³/mol. The number of nitrogens with two attached hydrogens (primary N) is 1. The van der Waals surface area contributed by atoms with E-state index in [0.29, 0.717) is 0 Å². The van der Waals surface area contributed by atoms with Gasteiger partial charge in [-0.25, -0.2) is 4.79 Å². The van der Waals surface area contributed by atoms with E-state index in [1.807, 2.05) is 0 Å². The molecule has 2 N–H and O–H groups in total. The molecule has 0 aliphatic rings.